The maximum atomic E-state index is 8.95. The van der Waals surface area contributed by atoms with Crippen LogP contribution >= 0.6 is 0 Å². The van der Waals surface area contributed by atoms with Gasteiger partial charge in [0, 0.05) is 6.20 Å². The van der Waals surface area contributed by atoms with Crippen molar-refractivity contribution in [3.05, 3.63) is 42.2 Å². The first kappa shape index (κ1) is 11.7. The summed E-state index contributed by atoms with van der Waals surface area (Å²) in [4.78, 5) is 0. The van der Waals surface area contributed by atoms with Gasteiger partial charge in [-0.2, -0.15) is 5.10 Å². The molecule has 0 aliphatic rings. The van der Waals surface area contributed by atoms with Crippen molar-refractivity contribution in [2.75, 3.05) is 0 Å². The van der Waals surface area contributed by atoms with Crippen LogP contribution in [0.5, 0.6) is 5.75 Å². The highest BCUT2D eigenvalue weighted by atomic mass is 16.5. The first-order valence-electron chi connectivity index (χ1n) is 5.61. The maximum absolute atomic E-state index is 8.95. The molecule has 0 aliphatic carbocycles. The van der Waals surface area contributed by atoms with Gasteiger partial charge in [0.05, 0.1) is 24.1 Å². The van der Waals surface area contributed by atoms with Crippen LogP contribution in [0.25, 0.3) is 5.69 Å². The zero-order valence-electron chi connectivity index (χ0n) is 10.00. The SMILES string of the molecule is CC(C)Oc1ccc(-n2ccc(CO)n2)cc1. The smallest absolute Gasteiger partial charge is 0.119 e. The Balaban J connectivity index is 2.17. The van der Waals surface area contributed by atoms with Gasteiger partial charge in [-0.25, -0.2) is 4.68 Å². The summed E-state index contributed by atoms with van der Waals surface area (Å²) in [6.45, 7) is 3.95. The predicted molar refractivity (Wildman–Crippen MR) is 65.3 cm³/mol. The minimum absolute atomic E-state index is 0.0401. The minimum Gasteiger partial charge on any atom is -0.491 e. The van der Waals surface area contributed by atoms with Crippen LogP contribution in [0, 0.1) is 0 Å². The molecule has 0 bridgehead atoms. The van der Waals surface area contributed by atoms with E-state index in [1.807, 2.05) is 44.3 Å². The third kappa shape index (κ3) is 2.85. The van der Waals surface area contributed by atoms with Gasteiger partial charge in [-0.3, -0.25) is 0 Å². The molecule has 0 radical (unpaired) electrons. The number of aromatic nitrogens is 2. The fraction of sp³-hybridized carbons (Fsp3) is 0.308. The number of aliphatic hydroxyl groups excluding tert-OH is 1. The molecule has 0 amide bonds. The Bertz CT molecular complexity index is 474. The van der Waals surface area contributed by atoms with E-state index in [4.69, 9.17) is 9.84 Å². The lowest BCUT2D eigenvalue weighted by molar-refractivity contribution is 0.242. The monoisotopic (exact) mass is 232 g/mol. The third-order valence-electron chi connectivity index (χ3n) is 2.28. The molecule has 17 heavy (non-hydrogen) atoms. The first-order valence-corrected chi connectivity index (χ1v) is 5.61. The molecular formula is C13H16N2O2. The van der Waals surface area contributed by atoms with Crippen molar-refractivity contribution < 1.29 is 9.84 Å². The Morgan fingerprint density at radius 2 is 1.94 bits per heavy atom. The molecule has 0 atom stereocenters. The summed E-state index contributed by atoms with van der Waals surface area (Å²) in [7, 11) is 0. The van der Waals surface area contributed by atoms with Crippen LogP contribution in [0.4, 0.5) is 0 Å². The second-order valence-corrected chi connectivity index (χ2v) is 4.07. The molecule has 0 fully saturated rings. The van der Waals surface area contributed by atoms with Gasteiger partial charge in [0.1, 0.15) is 5.75 Å². The fourth-order valence-corrected chi connectivity index (χ4v) is 1.54. The van der Waals surface area contributed by atoms with Crippen molar-refractivity contribution in [1.82, 2.24) is 9.78 Å². The zero-order valence-corrected chi connectivity index (χ0v) is 10.00. The summed E-state index contributed by atoms with van der Waals surface area (Å²) in [5.41, 5.74) is 1.60. The summed E-state index contributed by atoms with van der Waals surface area (Å²) in [6.07, 6.45) is 2.00. The quantitative estimate of drug-likeness (QED) is 0.878. The Morgan fingerprint density at radius 3 is 2.47 bits per heavy atom. The van der Waals surface area contributed by atoms with Gasteiger partial charge in [-0.15, -0.1) is 0 Å². The predicted octanol–water partition coefficient (Wildman–Crippen LogP) is 2.15. The number of nitrogens with zero attached hydrogens (tertiary/aromatic N) is 2. The van der Waals surface area contributed by atoms with Crippen molar-refractivity contribution in [3.8, 4) is 11.4 Å². The van der Waals surface area contributed by atoms with Crippen LogP contribution in [0.1, 0.15) is 19.5 Å². The van der Waals surface area contributed by atoms with Crippen molar-refractivity contribution in [2.24, 2.45) is 0 Å². The summed E-state index contributed by atoms with van der Waals surface area (Å²) in [6, 6.07) is 9.49. The molecular weight excluding hydrogens is 216 g/mol. The van der Waals surface area contributed by atoms with Gasteiger partial charge < -0.3 is 9.84 Å². The standard InChI is InChI=1S/C13H16N2O2/c1-10(2)17-13-5-3-12(4-6-13)15-8-7-11(9-16)14-15/h3-8,10,16H,9H2,1-2H3. The van der Waals surface area contributed by atoms with E-state index in [9.17, 15) is 0 Å². The van der Waals surface area contributed by atoms with Gasteiger partial charge in [0.2, 0.25) is 0 Å². The van der Waals surface area contributed by atoms with Crippen molar-refractivity contribution in [2.45, 2.75) is 26.6 Å². The second kappa shape index (κ2) is 5.01. The molecule has 0 saturated heterocycles. The molecule has 0 unspecified atom stereocenters. The maximum Gasteiger partial charge on any atom is 0.119 e. The number of hydrogen-bond acceptors (Lipinski definition) is 3. The van der Waals surface area contributed by atoms with Gasteiger partial charge in [-0.05, 0) is 44.2 Å². The highest BCUT2D eigenvalue weighted by Gasteiger charge is 2.01. The molecule has 4 nitrogen and oxygen atoms in total. The molecule has 1 N–H and O–H groups in total. The van der Waals surface area contributed by atoms with Crippen LogP contribution in [0.3, 0.4) is 0 Å². The van der Waals surface area contributed by atoms with E-state index < -0.39 is 0 Å². The lowest BCUT2D eigenvalue weighted by Gasteiger charge is -2.10. The number of aliphatic hydroxyl groups is 1. The molecule has 1 aromatic heterocycles. The molecule has 1 heterocycles. The zero-order chi connectivity index (χ0) is 12.3. The van der Waals surface area contributed by atoms with E-state index in [0.29, 0.717) is 5.69 Å². The molecule has 0 aliphatic heterocycles. The minimum atomic E-state index is -0.0401. The van der Waals surface area contributed by atoms with E-state index in [2.05, 4.69) is 5.10 Å². The van der Waals surface area contributed by atoms with E-state index in [1.54, 1.807) is 10.7 Å². The van der Waals surface area contributed by atoms with Gasteiger partial charge in [-0.1, -0.05) is 0 Å². The third-order valence-corrected chi connectivity index (χ3v) is 2.28. The van der Waals surface area contributed by atoms with Crippen molar-refractivity contribution in [3.63, 3.8) is 0 Å². The van der Waals surface area contributed by atoms with Crippen LogP contribution < -0.4 is 4.74 Å². The summed E-state index contributed by atoms with van der Waals surface area (Å²) in [5, 5.41) is 13.2. The summed E-state index contributed by atoms with van der Waals surface area (Å²) < 4.78 is 7.29. The van der Waals surface area contributed by atoms with Gasteiger partial charge in [0.25, 0.3) is 0 Å². The lowest BCUT2D eigenvalue weighted by atomic mass is 10.3. The average Bonchev–Trinajstić information content (AvgIpc) is 2.78. The number of benzene rings is 1. The van der Waals surface area contributed by atoms with Crippen molar-refractivity contribution >= 4 is 0 Å². The number of hydrogen-bond donors (Lipinski definition) is 1. The fourth-order valence-electron chi connectivity index (χ4n) is 1.54. The topological polar surface area (TPSA) is 47.3 Å². The van der Waals surface area contributed by atoms with Crippen LogP contribution in [0.15, 0.2) is 36.5 Å². The van der Waals surface area contributed by atoms with Crippen molar-refractivity contribution in [1.29, 1.82) is 0 Å². The second-order valence-electron chi connectivity index (χ2n) is 4.07. The number of rotatable bonds is 4. The Hall–Kier alpha value is -1.81. The van der Waals surface area contributed by atoms with Crippen LogP contribution in [-0.4, -0.2) is 21.0 Å². The van der Waals surface area contributed by atoms with Crippen LogP contribution in [0.2, 0.25) is 0 Å². The molecule has 1 aromatic carbocycles. The molecule has 4 heteroatoms. The normalized spacial score (nSPS) is 10.8. The van der Waals surface area contributed by atoms with Gasteiger partial charge >= 0.3 is 0 Å². The Morgan fingerprint density at radius 1 is 1.24 bits per heavy atom. The molecule has 2 aromatic rings. The molecule has 2 rings (SSSR count). The Labute approximate surface area is 100 Å². The summed E-state index contributed by atoms with van der Waals surface area (Å²) >= 11 is 0. The molecule has 0 spiro atoms. The first-order chi connectivity index (χ1) is 8.19. The lowest BCUT2D eigenvalue weighted by Crippen LogP contribution is -2.05. The van der Waals surface area contributed by atoms with E-state index in [-0.39, 0.29) is 12.7 Å². The largest absolute Gasteiger partial charge is 0.491 e. The Kier molecular flexibility index (Phi) is 3.44. The average molecular weight is 232 g/mol. The van der Waals surface area contributed by atoms with Crippen LogP contribution in [-0.2, 0) is 6.61 Å². The highest BCUT2D eigenvalue weighted by Crippen LogP contribution is 2.16. The highest BCUT2D eigenvalue weighted by molar-refractivity contribution is 5.36. The van der Waals surface area contributed by atoms with Gasteiger partial charge in [0.15, 0.2) is 0 Å². The van der Waals surface area contributed by atoms with E-state index >= 15 is 0 Å². The number of ether oxygens (including phenoxy) is 1. The van der Waals surface area contributed by atoms with E-state index in [0.717, 1.165) is 11.4 Å². The molecule has 0 saturated carbocycles. The molecule has 90 valence electrons. The summed E-state index contributed by atoms with van der Waals surface area (Å²) in [5.74, 6) is 0.846. The van der Waals surface area contributed by atoms with E-state index in [1.165, 1.54) is 0 Å².